The molecule has 3 aromatic carbocycles. The first-order valence-electron chi connectivity index (χ1n) is 10.9. The van der Waals surface area contributed by atoms with Gasteiger partial charge in [-0.1, -0.05) is 41.4 Å². The van der Waals surface area contributed by atoms with Gasteiger partial charge in [-0.15, -0.1) is 0 Å². The van der Waals surface area contributed by atoms with E-state index >= 15 is 0 Å². The molecule has 0 aliphatic carbocycles. The second-order valence-corrected chi connectivity index (χ2v) is 10.1. The molecule has 0 saturated heterocycles. The van der Waals surface area contributed by atoms with Crippen LogP contribution in [-0.2, 0) is 11.2 Å². The highest BCUT2D eigenvalue weighted by Gasteiger charge is 2.22. The van der Waals surface area contributed by atoms with E-state index in [9.17, 15) is 9.90 Å². The number of rotatable bonds is 5. The van der Waals surface area contributed by atoms with E-state index in [0.29, 0.717) is 15.8 Å². The molecule has 4 rings (SSSR count). The number of aliphatic carboxylic acids is 1. The average Bonchev–Trinajstić information content (AvgIpc) is 2.74. The lowest BCUT2D eigenvalue weighted by atomic mass is 9.89. The number of aromatic nitrogens is 1. The number of benzene rings is 3. The summed E-state index contributed by atoms with van der Waals surface area (Å²) in [6.45, 7) is 7.80. The van der Waals surface area contributed by atoms with Gasteiger partial charge in [0.25, 0.3) is 0 Å². The quantitative estimate of drug-likeness (QED) is 0.306. The van der Waals surface area contributed by atoms with Crippen molar-refractivity contribution in [2.75, 3.05) is 0 Å². The Morgan fingerprint density at radius 1 is 0.971 bits per heavy atom. The predicted octanol–water partition coefficient (Wildman–Crippen LogP) is 7.99. The molecule has 0 spiro atoms. The van der Waals surface area contributed by atoms with Crippen molar-refractivity contribution in [1.82, 2.24) is 4.98 Å². The molecule has 0 unspecified atom stereocenters. The van der Waals surface area contributed by atoms with E-state index in [1.54, 1.807) is 12.1 Å². The van der Waals surface area contributed by atoms with Crippen LogP contribution in [0.3, 0.4) is 0 Å². The van der Waals surface area contributed by atoms with Crippen molar-refractivity contribution < 1.29 is 14.6 Å². The lowest BCUT2D eigenvalue weighted by Gasteiger charge is -2.25. The lowest BCUT2D eigenvalue weighted by molar-refractivity contribution is -0.136. The molecule has 0 bridgehead atoms. The van der Waals surface area contributed by atoms with Crippen LogP contribution in [0, 0.1) is 6.92 Å². The summed E-state index contributed by atoms with van der Waals surface area (Å²) in [7, 11) is 0. The van der Waals surface area contributed by atoms with Crippen molar-refractivity contribution in [2.24, 2.45) is 0 Å². The Morgan fingerprint density at radius 3 is 2.29 bits per heavy atom. The Morgan fingerprint density at radius 2 is 1.65 bits per heavy atom. The topological polar surface area (TPSA) is 59.4 Å². The van der Waals surface area contributed by atoms with Crippen LogP contribution < -0.4 is 4.74 Å². The van der Waals surface area contributed by atoms with Gasteiger partial charge < -0.3 is 9.84 Å². The van der Waals surface area contributed by atoms with Gasteiger partial charge in [-0.05, 0) is 86.8 Å². The standard InChI is InChI=1S/C28H25Cl2NO3/c1-16-13-24-20(11-12-23(31-24)17-5-7-18(29)8-6-17)27(22(16)15-26(32)33)21-10-9-19(30)14-25(21)34-28(2,3)4/h5-14H,15H2,1-4H3,(H,32,33). The maximum absolute atomic E-state index is 11.8. The van der Waals surface area contributed by atoms with Gasteiger partial charge in [0, 0.05) is 26.6 Å². The summed E-state index contributed by atoms with van der Waals surface area (Å²) in [5, 5.41) is 11.7. The molecule has 4 aromatic rings. The molecule has 174 valence electrons. The maximum atomic E-state index is 11.8. The molecular weight excluding hydrogens is 469 g/mol. The SMILES string of the molecule is Cc1cc2nc(-c3ccc(Cl)cc3)ccc2c(-c2ccc(Cl)cc2OC(C)(C)C)c1CC(=O)O. The number of carbonyl (C=O) groups is 1. The number of aryl methyl sites for hydroxylation is 1. The van der Waals surface area contributed by atoms with E-state index in [-0.39, 0.29) is 6.42 Å². The summed E-state index contributed by atoms with van der Waals surface area (Å²) in [6.07, 6.45) is -0.117. The Bertz CT molecular complexity index is 1390. The summed E-state index contributed by atoms with van der Waals surface area (Å²) in [5.41, 5.74) is 5.21. The largest absolute Gasteiger partial charge is 0.487 e. The molecule has 0 radical (unpaired) electrons. The molecular formula is C28H25Cl2NO3. The first-order chi connectivity index (χ1) is 16.0. The van der Waals surface area contributed by atoms with E-state index in [4.69, 9.17) is 32.9 Å². The van der Waals surface area contributed by atoms with Gasteiger partial charge in [-0.2, -0.15) is 0 Å². The van der Waals surface area contributed by atoms with E-state index in [2.05, 4.69) is 0 Å². The third-order valence-corrected chi connectivity index (χ3v) is 5.91. The van der Waals surface area contributed by atoms with Crippen molar-refractivity contribution in [2.45, 2.75) is 39.7 Å². The third kappa shape index (κ3) is 5.19. The fourth-order valence-corrected chi connectivity index (χ4v) is 4.32. The van der Waals surface area contributed by atoms with Gasteiger partial charge in [0.05, 0.1) is 17.6 Å². The molecule has 0 aliphatic rings. The molecule has 1 heterocycles. The molecule has 0 amide bonds. The number of hydrogen-bond donors (Lipinski definition) is 1. The highest BCUT2D eigenvalue weighted by Crippen LogP contribution is 2.42. The van der Waals surface area contributed by atoms with Gasteiger partial charge in [-0.3, -0.25) is 4.79 Å². The molecule has 0 aliphatic heterocycles. The lowest BCUT2D eigenvalue weighted by Crippen LogP contribution is -2.23. The zero-order valence-electron chi connectivity index (χ0n) is 19.4. The number of carboxylic acids is 1. The van der Waals surface area contributed by atoms with Crippen molar-refractivity contribution in [3.8, 4) is 28.1 Å². The normalized spacial score (nSPS) is 11.6. The van der Waals surface area contributed by atoms with Crippen LogP contribution in [0.1, 0.15) is 31.9 Å². The van der Waals surface area contributed by atoms with E-state index in [1.165, 1.54) is 0 Å². The minimum absolute atomic E-state index is 0.117. The van der Waals surface area contributed by atoms with Crippen LogP contribution in [0.4, 0.5) is 0 Å². The van der Waals surface area contributed by atoms with Crippen molar-refractivity contribution >= 4 is 40.1 Å². The minimum Gasteiger partial charge on any atom is -0.487 e. The number of halogens is 2. The number of carboxylic acid groups (broad SMARTS) is 1. The minimum atomic E-state index is -0.901. The van der Waals surface area contributed by atoms with Gasteiger partial charge >= 0.3 is 5.97 Å². The van der Waals surface area contributed by atoms with Gasteiger partial charge in [-0.25, -0.2) is 4.98 Å². The smallest absolute Gasteiger partial charge is 0.307 e. The van der Waals surface area contributed by atoms with Gasteiger partial charge in [0.1, 0.15) is 11.4 Å². The highest BCUT2D eigenvalue weighted by molar-refractivity contribution is 6.31. The molecule has 34 heavy (non-hydrogen) atoms. The number of pyridine rings is 1. The molecule has 0 saturated carbocycles. The summed E-state index contributed by atoms with van der Waals surface area (Å²) in [4.78, 5) is 16.7. The molecule has 1 N–H and O–H groups in total. The number of fused-ring (bicyclic) bond motifs is 1. The predicted molar refractivity (Wildman–Crippen MR) is 139 cm³/mol. The number of nitrogens with zero attached hydrogens (tertiary/aromatic N) is 1. The van der Waals surface area contributed by atoms with Crippen molar-refractivity contribution in [3.05, 3.63) is 81.8 Å². The first kappa shape index (κ1) is 24.1. The molecule has 1 aromatic heterocycles. The van der Waals surface area contributed by atoms with E-state index in [1.807, 2.05) is 76.2 Å². The fourth-order valence-electron chi connectivity index (χ4n) is 4.03. The Kier molecular flexibility index (Phi) is 6.57. The third-order valence-electron chi connectivity index (χ3n) is 5.42. The highest BCUT2D eigenvalue weighted by atomic mass is 35.5. The van der Waals surface area contributed by atoms with E-state index < -0.39 is 11.6 Å². The van der Waals surface area contributed by atoms with E-state index in [0.717, 1.165) is 44.4 Å². The second kappa shape index (κ2) is 9.28. The maximum Gasteiger partial charge on any atom is 0.307 e. The Balaban J connectivity index is 2.01. The van der Waals surface area contributed by atoms with Gasteiger partial charge in [0.15, 0.2) is 0 Å². The monoisotopic (exact) mass is 493 g/mol. The molecule has 0 fully saturated rings. The van der Waals surface area contributed by atoms with Crippen molar-refractivity contribution in [3.63, 3.8) is 0 Å². The molecule has 6 heteroatoms. The fraction of sp³-hybridized carbons (Fsp3) is 0.214. The van der Waals surface area contributed by atoms with Crippen LogP contribution in [0.15, 0.2) is 60.7 Å². The summed E-state index contributed by atoms with van der Waals surface area (Å²) in [6, 6.07) is 18.8. The summed E-state index contributed by atoms with van der Waals surface area (Å²) in [5.74, 6) is -0.304. The van der Waals surface area contributed by atoms with Crippen LogP contribution in [-0.4, -0.2) is 21.7 Å². The van der Waals surface area contributed by atoms with Gasteiger partial charge in [0.2, 0.25) is 0 Å². The van der Waals surface area contributed by atoms with Crippen molar-refractivity contribution in [1.29, 1.82) is 0 Å². The zero-order valence-corrected chi connectivity index (χ0v) is 21.0. The zero-order chi connectivity index (χ0) is 24.6. The summed E-state index contributed by atoms with van der Waals surface area (Å²) >= 11 is 12.4. The molecule has 0 atom stereocenters. The molecule has 4 nitrogen and oxygen atoms in total. The van der Waals surface area contributed by atoms with Crippen LogP contribution in [0.5, 0.6) is 5.75 Å². The Hall–Kier alpha value is -3.08. The number of hydrogen-bond acceptors (Lipinski definition) is 3. The average molecular weight is 494 g/mol. The Labute approximate surface area is 209 Å². The van der Waals surface area contributed by atoms with Crippen LogP contribution in [0.2, 0.25) is 10.0 Å². The first-order valence-corrected chi connectivity index (χ1v) is 11.7. The second-order valence-electron chi connectivity index (χ2n) is 9.24. The number of ether oxygens (including phenoxy) is 1. The van der Waals surface area contributed by atoms with Crippen LogP contribution >= 0.6 is 23.2 Å². The van der Waals surface area contributed by atoms with Crippen LogP contribution in [0.25, 0.3) is 33.3 Å². The summed E-state index contributed by atoms with van der Waals surface area (Å²) < 4.78 is 6.26.